The van der Waals surface area contributed by atoms with Gasteiger partial charge in [0.15, 0.2) is 5.78 Å². The number of ketones is 1. The van der Waals surface area contributed by atoms with Crippen molar-refractivity contribution < 1.29 is 14.3 Å². The van der Waals surface area contributed by atoms with Gasteiger partial charge in [0.05, 0.1) is 12.8 Å². The van der Waals surface area contributed by atoms with Gasteiger partial charge >= 0.3 is 0 Å². The summed E-state index contributed by atoms with van der Waals surface area (Å²) in [6.45, 7) is 3.24. The molecule has 0 heterocycles. The highest BCUT2D eigenvalue weighted by molar-refractivity contribution is 5.98. The Hall–Kier alpha value is -1.84. The van der Waals surface area contributed by atoms with Crippen molar-refractivity contribution in [1.29, 1.82) is 0 Å². The highest BCUT2D eigenvalue weighted by Gasteiger charge is 2.09. The molecule has 0 spiro atoms. The van der Waals surface area contributed by atoms with Crippen LogP contribution in [0.5, 0.6) is 5.75 Å². The van der Waals surface area contributed by atoms with Crippen LogP contribution in [0, 0.1) is 0 Å². The van der Waals surface area contributed by atoms with Gasteiger partial charge in [-0.2, -0.15) is 0 Å². The standard InChI is InChI=1S/C12H15NO3/c1-4-12(15)13-10-7-9(8(2)14)5-6-11(10)16-3/h5-7H,4H2,1-3H3,(H,13,15). The van der Waals surface area contributed by atoms with E-state index in [1.165, 1.54) is 14.0 Å². The predicted octanol–water partition coefficient (Wildman–Crippen LogP) is 2.25. The van der Waals surface area contributed by atoms with E-state index >= 15 is 0 Å². The van der Waals surface area contributed by atoms with Gasteiger partial charge in [-0.3, -0.25) is 9.59 Å². The number of methoxy groups -OCH3 is 1. The number of benzene rings is 1. The summed E-state index contributed by atoms with van der Waals surface area (Å²) in [5, 5.41) is 2.69. The topological polar surface area (TPSA) is 55.4 Å². The highest BCUT2D eigenvalue weighted by atomic mass is 16.5. The van der Waals surface area contributed by atoms with Crippen LogP contribution in [0.15, 0.2) is 18.2 Å². The van der Waals surface area contributed by atoms with E-state index < -0.39 is 0 Å². The fraction of sp³-hybridized carbons (Fsp3) is 0.333. The van der Waals surface area contributed by atoms with E-state index in [0.717, 1.165) is 0 Å². The molecule has 1 aromatic carbocycles. The molecule has 0 saturated carbocycles. The van der Waals surface area contributed by atoms with E-state index in [0.29, 0.717) is 23.4 Å². The molecule has 1 aromatic rings. The molecular weight excluding hydrogens is 206 g/mol. The SMILES string of the molecule is CCC(=O)Nc1cc(C(C)=O)ccc1OC. The smallest absolute Gasteiger partial charge is 0.224 e. The van der Waals surface area contributed by atoms with Crippen LogP contribution in [0.25, 0.3) is 0 Å². The maximum Gasteiger partial charge on any atom is 0.224 e. The van der Waals surface area contributed by atoms with Crippen LogP contribution >= 0.6 is 0 Å². The van der Waals surface area contributed by atoms with Gasteiger partial charge in [0.25, 0.3) is 0 Å². The molecule has 1 amide bonds. The molecule has 0 unspecified atom stereocenters. The predicted molar refractivity (Wildman–Crippen MR) is 61.9 cm³/mol. The number of Topliss-reactive ketones (excluding diaryl/α,β-unsaturated/α-hetero) is 1. The first kappa shape index (κ1) is 12.2. The number of ether oxygens (including phenoxy) is 1. The monoisotopic (exact) mass is 221 g/mol. The molecule has 1 rings (SSSR count). The third kappa shape index (κ3) is 2.82. The Morgan fingerprint density at radius 2 is 2.06 bits per heavy atom. The molecule has 0 aliphatic carbocycles. The van der Waals surface area contributed by atoms with E-state index in [9.17, 15) is 9.59 Å². The summed E-state index contributed by atoms with van der Waals surface area (Å²) in [4.78, 5) is 22.5. The zero-order valence-corrected chi connectivity index (χ0v) is 9.66. The zero-order chi connectivity index (χ0) is 12.1. The number of anilines is 1. The number of hydrogen-bond acceptors (Lipinski definition) is 3. The molecule has 0 aliphatic heterocycles. The molecule has 0 fully saturated rings. The fourth-order valence-electron chi connectivity index (χ4n) is 1.26. The first-order valence-corrected chi connectivity index (χ1v) is 5.07. The van der Waals surface area contributed by atoms with Crippen molar-refractivity contribution in [1.82, 2.24) is 0 Å². The molecular formula is C12H15NO3. The van der Waals surface area contributed by atoms with Crippen molar-refractivity contribution in [3.63, 3.8) is 0 Å². The van der Waals surface area contributed by atoms with Crippen LogP contribution < -0.4 is 10.1 Å². The van der Waals surface area contributed by atoms with Crippen molar-refractivity contribution in [2.24, 2.45) is 0 Å². The lowest BCUT2D eigenvalue weighted by molar-refractivity contribution is -0.115. The van der Waals surface area contributed by atoms with Gasteiger partial charge in [-0.15, -0.1) is 0 Å². The van der Waals surface area contributed by atoms with Crippen LogP contribution in [0.4, 0.5) is 5.69 Å². The quantitative estimate of drug-likeness (QED) is 0.793. The molecule has 4 nitrogen and oxygen atoms in total. The van der Waals surface area contributed by atoms with Gasteiger partial charge in [-0.05, 0) is 25.1 Å². The minimum absolute atomic E-state index is 0.0466. The summed E-state index contributed by atoms with van der Waals surface area (Å²) in [6, 6.07) is 4.96. The minimum atomic E-state index is -0.112. The summed E-state index contributed by atoms with van der Waals surface area (Å²) in [7, 11) is 1.52. The summed E-state index contributed by atoms with van der Waals surface area (Å²) in [5.74, 6) is 0.389. The number of carbonyl (C=O) groups is 2. The lowest BCUT2D eigenvalue weighted by atomic mass is 10.1. The number of carbonyl (C=O) groups excluding carboxylic acids is 2. The molecule has 0 saturated heterocycles. The van der Waals surface area contributed by atoms with Crippen LogP contribution in [0.1, 0.15) is 30.6 Å². The van der Waals surface area contributed by atoms with Gasteiger partial charge in [0.2, 0.25) is 5.91 Å². The summed E-state index contributed by atoms with van der Waals surface area (Å²) >= 11 is 0. The van der Waals surface area contributed by atoms with E-state index in [2.05, 4.69) is 5.32 Å². The van der Waals surface area contributed by atoms with Crippen molar-refractivity contribution in [3.05, 3.63) is 23.8 Å². The summed E-state index contributed by atoms with van der Waals surface area (Å²) in [6.07, 6.45) is 0.382. The molecule has 0 atom stereocenters. The Labute approximate surface area is 94.6 Å². The first-order chi connectivity index (χ1) is 7.58. The normalized spacial score (nSPS) is 9.69. The number of rotatable bonds is 4. The second-order valence-corrected chi connectivity index (χ2v) is 3.37. The Kier molecular flexibility index (Phi) is 4.05. The Morgan fingerprint density at radius 1 is 1.38 bits per heavy atom. The van der Waals surface area contributed by atoms with Crippen LogP contribution in [0.2, 0.25) is 0 Å². The van der Waals surface area contributed by atoms with Crippen LogP contribution in [-0.2, 0) is 4.79 Å². The first-order valence-electron chi connectivity index (χ1n) is 5.07. The van der Waals surface area contributed by atoms with Crippen LogP contribution in [0.3, 0.4) is 0 Å². The lowest BCUT2D eigenvalue weighted by Crippen LogP contribution is -2.11. The zero-order valence-electron chi connectivity index (χ0n) is 9.66. The highest BCUT2D eigenvalue weighted by Crippen LogP contribution is 2.25. The lowest BCUT2D eigenvalue weighted by Gasteiger charge is -2.10. The van der Waals surface area contributed by atoms with Crippen molar-refractivity contribution >= 4 is 17.4 Å². The molecule has 0 bridgehead atoms. The molecule has 86 valence electrons. The molecule has 1 N–H and O–H groups in total. The van der Waals surface area contributed by atoms with Gasteiger partial charge in [-0.25, -0.2) is 0 Å². The van der Waals surface area contributed by atoms with Gasteiger partial charge in [0, 0.05) is 12.0 Å². The van der Waals surface area contributed by atoms with Crippen molar-refractivity contribution in [2.75, 3.05) is 12.4 Å². The van der Waals surface area contributed by atoms with E-state index in [4.69, 9.17) is 4.74 Å². The van der Waals surface area contributed by atoms with Gasteiger partial charge < -0.3 is 10.1 Å². The van der Waals surface area contributed by atoms with Crippen LogP contribution in [-0.4, -0.2) is 18.8 Å². The summed E-state index contributed by atoms with van der Waals surface area (Å²) in [5.41, 5.74) is 1.08. The molecule has 16 heavy (non-hydrogen) atoms. The average Bonchev–Trinajstić information content (AvgIpc) is 2.28. The fourth-order valence-corrected chi connectivity index (χ4v) is 1.26. The largest absolute Gasteiger partial charge is 0.495 e. The number of nitrogens with one attached hydrogen (secondary N) is 1. The second kappa shape index (κ2) is 5.30. The average molecular weight is 221 g/mol. The minimum Gasteiger partial charge on any atom is -0.495 e. The Bertz CT molecular complexity index is 413. The number of hydrogen-bond donors (Lipinski definition) is 1. The third-order valence-corrected chi connectivity index (χ3v) is 2.20. The molecule has 0 radical (unpaired) electrons. The van der Waals surface area contributed by atoms with E-state index in [-0.39, 0.29) is 11.7 Å². The molecule has 4 heteroatoms. The Morgan fingerprint density at radius 3 is 2.56 bits per heavy atom. The second-order valence-electron chi connectivity index (χ2n) is 3.37. The molecule has 0 aromatic heterocycles. The summed E-state index contributed by atoms with van der Waals surface area (Å²) < 4.78 is 5.10. The van der Waals surface area contributed by atoms with Crippen molar-refractivity contribution in [2.45, 2.75) is 20.3 Å². The van der Waals surface area contributed by atoms with Gasteiger partial charge in [-0.1, -0.05) is 6.92 Å². The van der Waals surface area contributed by atoms with E-state index in [1.54, 1.807) is 25.1 Å². The number of amides is 1. The maximum atomic E-state index is 11.3. The van der Waals surface area contributed by atoms with E-state index in [1.807, 2.05) is 0 Å². The van der Waals surface area contributed by atoms with Gasteiger partial charge in [0.1, 0.15) is 5.75 Å². The molecule has 0 aliphatic rings. The maximum absolute atomic E-state index is 11.3. The van der Waals surface area contributed by atoms with Crippen molar-refractivity contribution in [3.8, 4) is 5.75 Å². The third-order valence-electron chi connectivity index (χ3n) is 2.20. The Balaban J connectivity index is 3.06.